The number of carboxylic acid groups (broad SMARTS) is 2. The highest BCUT2D eigenvalue weighted by molar-refractivity contribution is 5.76. The van der Waals surface area contributed by atoms with Crippen molar-refractivity contribution in [3.8, 4) is 0 Å². The lowest BCUT2D eigenvalue weighted by Crippen LogP contribution is -2.32. The lowest BCUT2D eigenvalue weighted by Gasteiger charge is -2.23. The van der Waals surface area contributed by atoms with E-state index in [1.165, 1.54) is 128 Å². The van der Waals surface area contributed by atoms with Crippen molar-refractivity contribution < 1.29 is 24.6 Å². The topological polar surface area (TPSA) is 121 Å². The molecule has 0 saturated heterocycles. The predicted octanol–water partition coefficient (Wildman–Crippen LogP) is 10.4. The summed E-state index contributed by atoms with van der Waals surface area (Å²) >= 11 is 0. The van der Waals surface area contributed by atoms with Gasteiger partial charge in [-0.3, -0.25) is 14.4 Å². The van der Waals surface area contributed by atoms with E-state index >= 15 is 0 Å². The second kappa shape index (κ2) is 35.2. The van der Waals surface area contributed by atoms with Gasteiger partial charge in [-0.1, -0.05) is 148 Å². The summed E-state index contributed by atoms with van der Waals surface area (Å²) in [7, 11) is 0. The van der Waals surface area contributed by atoms with Crippen molar-refractivity contribution in [2.45, 2.75) is 205 Å². The number of nitrogens with two attached hydrogens (primary N) is 1. The Morgan fingerprint density at radius 2 is 0.600 bits per heavy atom. The van der Waals surface area contributed by atoms with E-state index in [0.29, 0.717) is 31.7 Å². The Morgan fingerprint density at radius 1 is 0.356 bits per heavy atom. The lowest BCUT2D eigenvalue weighted by molar-refractivity contribution is -0.138. The molecule has 0 heterocycles. The molecule has 0 atom stereocenters. The zero-order valence-corrected chi connectivity index (χ0v) is 29.4. The normalized spacial score (nSPS) is 11.2. The van der Waals surface area contributed by atoms with Gasteiger partial charge in [-0.05, 0) is 45.1 Å². The number of unbranched alkanes of at least 4 members (excludes halogenated alkanes) is 26. The van der Waals surface area contributed by atoms with E-state index in [2.05, 4.69) is 4.90 Å². The molecule has 0 aromatic carbocycles. The van der Waals surface area contributed by atoms with Crippen molar-refractivity contribution in [3.05, 3.63) is 0 Å². The molecule has 0 aliphatic heterocycles. The zero-order valence-electron chi connectivity index (χ0n) is 29.4. The van der Waals surface area contributed by atoms with Crippen LogP contribution in [0.1, 0.15) is 205 Å². The van der Waals surface area contributed by atoms with Gasteiger partial charge in [0.2, 0.25) is 5.91 Å². The van der Waals surface area contributed by atoms with Crippen molar-refractivity contribution in [3.63, 3.8) is 0 Å². The van der Waals surface area contributed by atoms with Gasteiger partial charge in [0, 0.05) is 32.4 Å². The number of amides is 1. The van der Waals surface area contributed by atoms with Crippen LogP contribution in [0.25, 0.3) is 0 Å². The summed E-state index contributed by atoms with van der Waals surface area (Å²) in [5.74, 6) is -1.01. The van der Waals surface area contributed by atoms with E-state index in [1.54, 1.807) is 0 Å². The molecule has 0 rings (SSSR count). The molecular weight excluding hydrogens is 564 g/mol. The molecule has 1 amide bonds. The quantitative estimate of drug-likeness (QED) is 0.0582. The third-order valence-electron chi connectivity index (χ3n) is 9.08. The molecule has 4 N–H and O–H groups in total. The van der Waals surface area contributed by atoms with Crippen molar-refractivity contribution in [2.75, 3.05) is 19.6 Å². The third-order valence-corrected chi connectivity index (χ3v) is 9.08. The lowest BCUT2D eigenvalue weighted by atomic mass is 10.0. The second-order valence-electron chi connectivity index (χ2n) is 13.5. The summed E-state index contributed by atoms with van der Waals surface area (Å²) in [5.41, 5.74) is 5.63. The molecule has 0 fully saturated rings. The van der Waals surface area contributed by atoms with Gasteiger partial charge in [0.25, 0.3) is 0 Å². The Labute approximate surface area is 277 Å². The number of carbonyl (C=O) groups is 3. The maximum atomic E-state index is 12.9. The molecule has 266 valence electrons. The van der Waals surface area contributed by atoms with Crippen LogP contribution in [-0.2, 0) is 14.4 Å². The molecule has 0 aromatic heterocycles. The Morgan fingerprint density at radius 3 is 0.889 bits per heavy atom. The molecule has 0 bridgehead atoms. The number of nitrogens with zero attached hydrogens (tertiary/aromatic N) is 1. The summed E-state index contributed by atoms with van der Waals surface area (Å²) in [6.45, 7) is 2.55. The van der Waals surface area contributed by atoms with Crippen LogP contribution in [0.15, 0.2) is 0 Å². The highest BCUT2D eigenvalue weighted by Crippen LogP contribution is 2.16. The van der Waals surface area contributed by atoms with Gasteiger partial charge < -0.3 is 20.8 Å². The minimum Gasteiger partial charge on any atom is -0.481 e. The predicted molar refractivity (Wildman–Crippen MR) is 189 cm³/mol. The standard InChI is InChI=1S/C38H74N2O5/c39-33-27-23-24-30-36(41)40(34-28-21-17-13-9-5-1-3-7-11-15-19-25-31-37(42)43)35-29-22-18-14-10-6-2-4-8-12-16-20-26-32-38(44)45/h1-35,39H2,(H,42,43)(H,44,45). The van der Waals surface area contributed by atoms with E-state index in [1.807, 2.05) is 0 Å². The summed E-state index contributed by atoms with van der Waals surface area (Å²) in [6.07, 6.45) is 35.8. The first-order chi connectivity index (χ1) is 22.0. The fourth-order valence-corrected chi connectivity index (χ4v) is 6.16. The minimum absolute atomic E-state index is 0.314. The van der Waals surface area contributed by atoms with Gasteiger partial charge >= 0.3 is 11.9 Å². The van der Waals surface area contributed by atoms with E-state index < -0.39 is 11.9 Å². The van der Waals surface area contributed by atoms with Crippen molar-refractivity contribution in [1.29, 1.82) is 0 Å². The highest BCUT2D eigenvalue weighted by atomic mass is 16.4. The van der Waals surface area contributed by atoms with Crippen molar-refractivity contribution in [1.82, 2.24) is 4.90 Å². The van der Waals surface area contributed by atoms with Crippen LogP contribution in [-0.4, -0.2) is 52.6 Å². The van der Waals surface area contributed by atoms with Gasteiger partial charge in [0.1, 0.15) is 0 Å². The molecule has 0 aliphatic carbocycles. The molecular formula is C38H74N2O5. The van der Waals surface area contributed by atoms with Gasteiger partial charge in [0.05, 0.1) is 0 Å². The number of aliphatic carboxylic acids is 2. The van der Waals surface area contributed by atoms with E-state index in [-0.39, 0.29) is 0 Å². The van der Waals surface area contributed by atoms with Crippen LogP contribution in [0.2, 0.25) is 0 Å². The van der Waals surface area contributed by atoms with Crippen LogP contribution in [0, 0.1) is 0 Å². The highest BCUT2D eigenvalue weighted by Gasteiger charge is 2.12. The molecule has 0 unspecified atom stereocenters. The number of rotatable bonds is 37. The fraction of sp³-hybridized carbons (Fsp3) is 0.921. The number of hydrogen-bond donors (Lipinski definition) is 3. The molecule has 7 nitrogen and oxygen atoms in total. The molecule has 0 radical (unpaired) electrons. The van der Waals surface area contributed by atoms with Crippen LogP contribution >= 0.6 is 0 Å². The second-order valence-corrected chi connectivity index (χ2v) is 13.5. The largest absolute Gasteiger partial charge is 0.481 e. The zero-order chi connectivity index (χ0) is 33.1. The first-order valence-corrected chi connectivity index (χ1v) is 19.4. The summed E-state index contributed by atoms with van der Waals surface area (Å²) < 4.78 is 0. The van der Waals surface area contributed by atoms with Crippen molar-refractivity contribution in [2.24, 2.45) is 5.73 Å². The van der Waals surface area contributed by atoms with Gasteiger partial charge in [-0.25, -0.2) is 0 Å². The maximum Gasteiger partial charge on any atom is 0.303 e. The van der Waals surface area contributed by atoms with Crippen LogP contribution in [0.5, 0.6) is 0 Å². The van der Waals surface area contributed by atoms with Crippen molar-refractivity contribution >= 4 is 17.8 Å². The van der Waals surface area contributed by atoms with E-state index in [0.717, 1.165) is 70.9 Å². The number of hydrogen-bond acceptors (Lipinski definition) is 4. The molecule has 0 aliphatic rings. The molecule has 0 aromatic rings. The SMILES string of the molecule is NCCCCCC(=O)N(CCCCCCCCCCCCCCCC(=O)O)CCCCCCCCCCCCCCCC(=O)O. The third kappa shape index (κ3) is 35.1. The molecule has 7 heteroatoms. The Kier molecular flexibility index (Phi) is 34.0. The maximum absolute atomic E-state index is 12.9. The summed E-state index contributed by atoms with van der Waals surface area (Å²) in [4.78, 5) is 36.2. The van der Waals surface area contributed by atoms with E-state index in [9.17, 15) is 14.4 Å². The van der Waals surface area contributed by atoms with E-state index in [4.69, 9.17) is 15.9 Å². The van der Waals surface area contributed by atoms with Gasteiger partial charge in [0.15, 0.2) is 0 Å². The molecule has 0 saturated carbocycles. The fourth-order valence-electron chi connectivity index (χ4n) is 6.16. The number of carbonyl (C=O) groups excluding carboxylic acids is 1. The van der Waals surface area contributed by atoms with Gasteiger partial charge in [-0.2, -0.15) is 0 Å². The Hall–Kier alpha value is -1.63. The average Bonchev–Trinajstić information content (AvgIpc) is 3.01. The first kappa shape index (κ1) is 43.4. The van der Waals surface area contributed by atoms with Crippen LogP contribution < -0.4 is 5.73 Å². The summed E-state index contributed by atoms with van der Waals surface area (Å²) in [6, 6.07) is 0. The molecule has 0 spiro atoms. The minimum atomic E-state index is -0.675. The Bertz CT molecular complexity index is 629. The smallest absolute Gasteiger partial charge is 0.303 e. The summed E-state index contributed by atoms with van der Waals surface area (Å²) in [5, 5.41) is 17.4. The number of carboxylic acids is 2. The van der Waals surface area contributed by atoms with Crippen LogP contribution in [0.4, 0.5) is 0 Å². The monoisotopic (exact) mass is 639 g/mol. The average molecular weight is 639 g/mol. The Balaban J connectivity index is 3.83. The van der Waals surface area contributed by atoms with Gasteiger partial charge in [-0.15, -0.1) is 0 Å². The first-order valence-electron chi connectivity index (χ1n) is 19.4. The van der Waals surface area contributed by atoms with Crippen LogP contribution in [0.3, 0.4) is 0 Å². The molecule has 45 heavy (non-hydrogen) atoms.